The number of halogens is 2. The van der Waals surface area contributed by atoms with Crippen LogP contribution in [0.3, 0.4) is 0 Å². The van der Waals surface area contributed by atoms with Crippen LogP contribution in [0.2, 0.25) is 0 Å². The maximum absolute atomic E-state index is 6.13. The summed E-state index contributed by atoms with van der Waals surface area (Å²) < 4.78 is 0. The Hall–Kier alpha value is -0.655. The second-order valence-corrected chi connectivity index (χ2v) is 7.13. The van der Waals surface area contributed by atoms with Gasteiger partial charge in [-0.1, -0.05) is 68.2 Å². The van der Waals surface area contributed by atoms with E-state index in [1.54, 1.807) is 0 Å². The van der Waals surface area contributed by atoms with Crippen molar-refractivity contribution in [2.75, 3.05) is 0 Å². The number of rotatable bonds is 2. The van der Waals surface area contributed by atoms with Crippen LogP contribution in [-0.2, 0) is 0 Å². The van der Waals surface area contributed by atoms with Crippen LogP contribution in [0.4, 0.5) is 0 Å². The maximum atomic E-state index is 6.13. The predicted octanol–water partition coefficient (Wildman–Crippen LogP) is 5.71. The molecule has 0 bridgehead atoms. The molecule has 0 fully saturated rings. The summed E-state index contributed by atoms with van der Waals surface area (Å²) in [7, 11) is 0. The van der Waals surface area contributed by atoms with Crippen molar-refractivity contribution >= 4 is 34.0 Å². The number of benzene rings is 1. The molecule has 0 heterocycles. The van der Waals surface area contributed by atoms with Gasteiger partial charge in [-0.25, -0.2) is 0 Å². The zero-order valence-corrected chi connectivity index (χ0v) is 13.2. The molecule has 0 N–H and O–H groups in total. The van der Waals surface area contributed by atoms with Gasteiger partial charge in [-0.2, -0.15) is 22.9 Å². The molecule has 0 unspecified atom stereocenters. The molecular formula is C16H19BCl2. The fourth-order valence-corrected chi connectivity index (χ4v) is 3.01. The second kappa shape index (κ2) is 5.77. The van der Waals surface area contributed by atoms with Gasteiger partial charge in [0.2, 0.25) is 0 Å². The number of allylic oxidation sites excluding steroid dienone is 4. The summed E-state index contributed by atoms with van der Waals surface area (Å²) in [5.41, 5.74) is 4.93. The molecule has 1 aliphatic carbocycles. The van der Waals surface area contributed by atoms with E-state index in [0.29, 0.717) is 0 Å². The van der Waals surface area contributed by atoms with E-state index in [9.17, 15) is 0 Å². The smallest absolute Gasteiger partial charge is 0.165 e. The lowest BCUT2D eigenvalue weighted by atomic mass is 9.69. The summed E-state index contributed by atoms with van der Waals surface area (Å²) in [6.07, 6.45) is 4.06. The fraction of sp³-hybridized carbons (Fsp3) is 0.375. The normalized spacial score (nSPS) is 16.4. The van der Waals surface area contributed by atoms with Gasteiger partial charge in [0.25, 0.3) is 0 Å². The highest BCUT2D eigenvalue weighted by molar-refractivity contribution is 7.37. The summed E-state index contributed by atoms with van der Waals surface area (Å²) in [5.74, 6) is 0. The minimum Gasteiger partial charge on any atom is -0.165 e. The van der Waals surface area contributed by atoms with Gasteiger partial charge in [0, 0.05) is 0 Å². The first-order valence-corrected chi connectivity index (χ1v) is 7.52. The third-order valence-corrected chi connectivity index (χ3v) is 4.16. The van der Waals surface area contributed by atoms with Crippen molar-refractivity contribution in [3.8, 4) is 0 Å². The van der Waals surface area contributed by atoms with Crippen molar-refractivity contribution in [3.05, 3.63) is 53.0 Å². The molecule has 1 aliphatic rings. The highest BCUT2D eigenvalue weighted by Crippen LogP contribution is 2.41. The van der Waals surface area contributed by atoms with E-state index in [0.717, 1.165) is 12.8 Å². The lowest BCUT2D eigenvalue weighted by Crippen LogP contribution is -2.19. The topological polar surface area (TPSA) is 0 Å². The molecule has 0 atom stereocenters. The quantitative estimate of drug-likeness (QED) is 0.612. The van der Waals surface area contributed by atoms with Gasteiger partial charge in [-0.3, -0.25) is 0 Å². The summed E-state index contributed by atoms with van der Waals surface area (Å²) in [6, 6.07) is 10.5. The number of hydrogen-bond donors (Lipinski definition) is 0. The molecule has 0 aromatic heterocycles. The van der Waals surface area contributed by atoms with Crippen LogP contribution in [0.1, 0.15) is 39.2 Å². The van der Waals surface area contributed by atoms with Gasteiger partial charge in [0.15, 0.2) is 0 Å². The van der Waals surface area contributed by atoms with E-state index in [1.165, 1.54) is 22.2 Å². The first-order valence-electron chi connectivity index (χ1n) is 6.64. The van der Waals surface area contributed by atoms with Crippen molar-refractivity contribution in [2.24, 2.45) is 5.41 Å². The molecule has 100 valence electrons. The van der Waals surface area contributed by atoms with Crippen LogP contribution in [-0.4, -0.2) is 5.54 Å². The van der Waals surface area contributed by atoms with E-state index < -0.39 is 5.54 Å². The zero-order chi connectivity index (χ0) is 14.0. The molecule has 19 heavy (non-hydrogen) atoms. The first kappa shape index (κ1) is 14.7. The SMILES string of the molecule is CC(C)(C)C1=C(B(Cl)Cl)CC=C(c2ccccc2)C1. The van der Waals surface area contributed by atoms with E-state index in [1.807, 2.05) is 6.07 Å². The van der Waals surface area contributed by atoms with Gasteiger partial charge >= 0.3 is 5.54 Å². The minimum absolute atomic E-state index is 0.103. The standard InChI is InChI=1S/C16H19BCl2/c1-16(2,3)14-11-13(9-10-15(14)17(18)19)12-7-5-4-6-8-12/h4-9H,10-11H2,1-3H3. The fourth-order valence-electron chi connectivity index (χ4n) is 2.57. The highest BCUT2D eigenvalue weighted by atomic mass is 35.5. The molecular weight excluding hydrogens is 274 g/mol. The predicted molar refractivity (Wildman–Crippen MR) is 87.6 cm³/mol. The average Bonchev–Trinajstić information content (AvgIpc) is 2.38. The van der Waals surface area contributed by atoms with Crippen molar-refractivity contribution in [2.45, 2.75) is 33.6 Å². The van der Waals surface area contributed by atoms with Gasteiger partial charge in [0.05, 0.1) is 0 Å². The van der Waals surface area contributed by atoms with Crippen molar-refractivity contribution < 1.29 is 0 Å². The Bertz CT molecular complexity index is 507. The summed E-state index contributed by atoms with van der Waals surface area (Å²) in [6.45, 7) is 6.69. The molecule has 3 heteroatoms. The Morgan fingerprint density at radius 2 is 1.68 bits per heavy atom. The van der Waals surface area contributed by atoms with E-state index >= 15 is 0 Å². The van der Waals surface area contributed by atoms with Crippen LogP contribution in [0, 0.1) is 5.41 Å². The van der Waals surface area contributed by atoms with Gasteiger partial charge in [-0.05, 0) is 29.4 Å². The molecule has 1 aromatic carbocycles. The van der Waals surface area contributed by atoms with Crippen molar-refractivity contribution in [3.63, 3.8) is 0 Å². The lowest BCUT2D eigenvalue weighted by molar-refractivity contribution is 0.490. The Balaban J connectivity index is 2.34. The molecule has 0 radical (unpaired) electrons. The molecule has 0 saturated heterocycles. The summed E-state index contributed by atoms with van der Waals surface area (Å²) >= 11 is 12.3. The average molecular weight is 293 g/mol. The molecule has 0 nitrogen and oxygen atoms in total. The van der Waals surface area contributed by atoms with Crippen LogP contribution in [0.15, 0.2) is 47.5 Å². The lowest BCUT2D eigenvalue weighted by Gasteiger charge is -2.31. The van der Waals surface area contributed by atoms with Crippen LogP contribution >= 0.6 is 22.9 Å². The van der Waals surface area contributed by atoms with Crippen molar-refractivity contribution in [1.82, 2.24) is 0 Å². The zero-order valence-electron chi connectivity index (χ0n) is 11.7. The van der Waals surface area contributed by atoms with Crippen LogP contribution in [0.25, 0.3) is 5.57 Å². The minimum atomic E-state index is -0.400. The highest BCUT2D eigenvalue weighted by Gasteiger charge is 2.28. The molecule has 0 aliphatic heterocycles. The van der Waals surface area contributed by atoms with E-state index in [2.05, 4.69) is 51.1 Å². The van der Waals surface area contributed by atoms with Gasteiger partial charge in [-0.15, -0.1) is 0 Å². The number of hydrogen-bond acceptors (Lipinski definition) is 0. The third-order valence-electron chi connectivity index (χ3n) is 3.64. The largest absolute Gasteiger partial charge is 0.379 e. The van der Waals surface area contributed by atoms with Gasteiger partial charge in [0.1, 0.15) is 0 Å². The van der Waals surface area contributed by atoms with E-state index in [4.69, 9.17) is 22.9 Å². The monoisotopic (exact) mass is 292 g/mol. The summed E-state index contributed by atoms with van der Waals surface area (Å²) in [4.78, 5) is 0. The van der Waals surface area contributed by atoms with E-state index in [-0.39, 0.29) is 5.41 Å². The Morgan fingerprint density at radius 3 is 2.21 bits per heavy atom. The first-order chi connectivity index (χ1) is 8.89. The van der Waals surface area contributed by atoms with Crippen LogP contribution < -0.4 is 0 Å². The molecule has 2 rings (SSSR count). The van der Waals surface area contributed by atoms with Crippen molar-refractivity contribution in [1.29, 1.82) is 0 Å². The maximum Gasteiger partial charge on any atom is 0.379 e. The summed E-state index contributed by atoms with van der Waals surface area (Å²) in [5, 5.41) is 0. The van der Waals surface area contributed by atoms with Crippen LogP contribution in [0.5, 0.6) is 0 Å². The molecule has 1 aromatic rings. The Morgan fingerprint density at radius 1 is 1.05 bits per heavy atom. The van der Waals surface area contributed by atoms with Gasteiger partial charge < -0.3 is 0 Å². The third kappa shape index (κ3) is 3.46. The molecule has 0 amide bonds. The molecule has 0 saturated carbocycles. The Labute approximate surface area is 126 Å². The Kier molecular flexibility index (Phi) is 4.48. The second-order valence-electron chi connectivity index (χ2n) is 6.03. The molecule has 0 spiro atoms.